The number of benzene rings is 2. The standard InChI is InChI=1S/C20H24N2OS.ClH/c1-15-13-18(24-17-5-3-2-4-6-17)8-9-19(15)22-20(23)10-7-16-11-12-21-14-16;/h2-6,8-9,13,16,21H,7,10-12,14H2,1H3,(H,22,23);1H. The number of aryl methyl sites for hydroxylation is 1. The average Bonchev–Trinajstić information content (AvgIpc) is 3.10. The molecular weight excluding hydrogens is 352 g/mol. The lowest BCUT2D eigenvalue weighted by molar-refractivity contribution is -0.116. The molecule has 2 N–H and O–H groups in total. The van der Waals surface area contributed by atoms with Gasteiger partial charge in [0.15, 0.2) is 0 Å². The van der Waals surface area contributed by atoms with Gasteiger partial charge in [-0.2, -0.15) is 0 Å². The minimum Gasteiger partial charge on any atom is -0.326 e. The summed E-state index contributed by atoms with van der Waals surface area (Å²) in [6.07, 6.45) is 2.77. The summed E-state index contributed by atoms with van der Waals surface area (Å²) in [5.41, 5.74) is 2.02. The van der Waals surface area contributed by atoms with E-state index in [0.29, 0.717) is 12.3 Å². The summed E-state index contributed by atoms with van der Waals surface area (Å²) >= 11 is 1.74. The van der Waals surface area contributed by atoms with Crippen LogP contribution in [0, 0.1) is 12.8 Å². The molecule has 0 spiro atoms. The summed E-state index contributed by atoms with van der Waals surface area (Å²) in [7, 11) is 0. The van der Waals surface area contributed by atoms with Gasteiger partial charge in [0.25, 0.3) is 0 Å². The van der Waals surface area contributed by atoms with Crippen molar-refractivity contribution >= 4 is 35.8 Å². The van der Waals surface area contributed by atoms with E-state index in [1.807, 2.05) is 31.2 Å². The van der Waals surface area contributed by atoms with Crippen molar-refractivity contribution in [2.75, 3.05) is 18.4 Å². The first-order chi connectivity index (χ1) is 11.7. The number of rotatable bonds is 6. The molecule has 1 heterocycles. The summed E-state index contributed by atoms with van der Waals surface area (Å²) < 4.78 is 0. The fourth-order valence-corrected chi connectivity index (χ4v) is 3.91. The highest BCUT2D eigenvalue weighted by molar-refractivity contribution is 7.99. The third kappa shape index (κ3) is 6.07. The van der Waals surface area contributed by atoms with Crippen LogP contribution in [0.5, 0.6) is 0 Å². The van der Waals surface area contributed by atoms with Gasteiger partial charge in [-0.25, -0.2) is 0 Å². The molecule has 3 rings (SSSR count). The number of amides is 1. The monoisotopic (exact) mass is 376 g/mol. The van der Waals surface area contributed by atoms with E-state index in [2.05, 4.69) is 34.9 Å². The zero-order valence-corrected chi connectivity index (χ0v) is 16.1. The Morgan fingerprint density at radius 1 is 1.20 bits per heavy atom. The molecule has 2 aromatic rings. The Hall–Kier alpha value is -1.49. The van der Waals surface area contributed by atoms with Gasteiger partial charge in [0, 0.05) is 21.9 Å². The molecule has 1 fully saturated rings. The zero-order valence-electron chi connectivity index (χ0n) is 14.5. The van der Waals surface area contributed by atoms with Crippen molar-refractivity contribution in [3.05, 3.63) is 54.1 Å². The van der Waals surface area contributed by atoms with Crippen molar-refractivity contribution in [1.82, 2.24) is 5.32 Å². The van der Waals surface area contributed by atoms with Crippen molar-refractivity contribution in [3.63, 3.8) is 0 Å². The summed E-state index contributed by atoms with van der Waals surface area (Å²) in [5, 5.41) is 6.40. The first-order valence-corrected chi connectivity index (χ1v) is 9.36. The van der Waals surface area contributed by atoms with Gasteiger partial charge in [0.05, 0.1) is 0 Å². The van der Waals surface area contributed by atoms with Gasteiger partial charge < -0.3 is 10.6 Å². The van der Waals surface area contributed by atoms with Crippen molar-refractivity contribution in [2.24, 2.45) is 5.92 Å². The van der Waals surface area contributed by atoms with E-state index in [1.165, 1.54) is 16.2 Å². The fraction of sp³-hybridized carbons (Fsp3) is 0.350. The van der Waals surface area contributed by atoms with Crippen LogP contribution in [-0.4, -0.2) is 19.0 Å². The second-order valence-electron chi connectivity index (χ2n) is 6.34. The Balaban J connectivity index is 0.00000225. The molecule has 0 radical (unpaired) electrons. The van der Waals surface area contributed by atoms with Crippen molar-refractivity contribution in [1.29, 1.82) is 0 Å². The summed E-state index contributed by atoms with van der Waals surface area (Å²) in [6.45, 7) is 4.19. The van der Waals surface area contributed by atoms with E-state index in [1.54, 1.807) is 11.8 Å². The molecule has 1 atom stereocenters. The van der Waals surface area contributed by atoms with E-state index in [4.69, 9.17) is 0 Å². The summed E-state index contributed by atoms with van der Waals surface area (Å²) in [6, 6.07) is 16.5. The van der Waals surface area contributed by atoms with Crippen LogP contribution < -0.4 is 10.6 Å². The molecule has 5 heteroatoms. The van der Waals surface area contributed by atoms with Crippen molar-refractivity contribution in [3.8, 4) is 0 Å². The van der Waals surface area contributed by atoms with Crippen molar-refractivity contribution < 1.29 is 4.79 Å². The normalized spacial score (nSPS) is 16.3. The highest BCUT2D eigenvalue weighted by Gasteiger charge is 2.16. The molecule has 0 aromatic heterocycles. The number of halogens is 1. The molecule has 25 heavy (non-hydrogen) atoms. The molecule has 1 aliphatic rings. The molecule has 0 saturated carbocycles. The maximum absolute atomic E-state index is 12.2. The molecule has 3 nitrogen and oxygen atoms in total. The Kier molecular flexibility index (Phi) is 7.82. The molecule has 1 unspecified atom stereocenters. The molecule has 1 saturated heterocycles. The second kappa shape index (κ2) is 9.85. The topological polar surface area (TPSA) is 41.1 Å². The van der Waals surface area contributed by atoms with Gasteiger partial charge in [0.2, 0.25) is 5.91 Å². The third-order valence-electron chi connectivity index (χ3n) is 4.39. The van der Waals surface area contributed by atoms with Crippen LogP contribution in [0.4, 0.5) is 5.69 Å². The largest absolute Gasteiger partial charge is 0.326 e. The van der Waals surface area contributed by atoms with Crippen molar-refractivity contribution in [2.45, 2.75) is 36.0 Å². The molecule has 1 aliphatic heterocycles. The number of hydrogen-bond acceptors (Lipinski definition) is 3. The van der Waals surface area contributed by atoms with Crippen LogP contribution >= 0.6 is 24.2 Å². The Morgan fingerprint density at radius 2 is 2.00 bits per heavy atom. The number of carbonyl (C=O) groups is 1. The van der Waals surface area contributed by atoms with E-state index < -0.39 is 0 Å². The Morgan fingerprint density at radius 3 is 2.68 bits per heavy atom. The quantitative estimate of drug-likeness (QED) is 0.753. The van der Waals surface area contributed by atoms with Gasteiger partial charge >= 0.3 is 0 Å². The number of nitrogens with one attached hydrogen (secondary N) is 2. The van der Waals surface area contributed by atoms with Crippen LogP contribution in [0.1, 0.15) is 24.8 Å². The van der Waals surface area contributed by atoms with Gasteiger partial charge in [-0.05, 0) is 74.7 Å². The predicted octanol–water partition coefficient (Wildman–Crippen LogP) is 4.90. The van der Waals surface area contributed by atoms with Crippen LogP contribution in [0.15, 0.2) is 58.3 Å². The maximum Gasteiger partial charge on any atom is 0.224 e. The van der Waals surface area contributed by atoms with E-state index in [-0.39, 0.29) is 18.3 Å². The highest BCUT2D eigenvalue weighted by Crippen LogP contribution is 2.30. The number of hydrogen-bond donors (Lipinski definition) is 2. The van der Waals surface area contributed by atoms with Gasteiger partial charge in [0.1, 0.15) is 0 Å². The SMILES string of the molecule is Cc1cc(Sc2ccccc2)ccc1NC(=O)CCC1CCNC1.Cl. The molecular formula is C20H25ClN2OS. The highest BCUT2D eigenvalue weighted by atomic mass is 35.5. The van der Waals surface area contributed by atoms with Gasteiger partial charge in [-0.3, -0.25) is 4.79 Å². The number of carbonyl (C=O) groups excluding carboxylic acids is 1. The smallest absolute Gasteiger partial charge is 0.224 e. The fourth-order valence-electron chi connectivity index (χ4n) is 2.97. The second-order valence-corrected chi connectivity index (χ2v) is 7.48. The molecule has 0 aliphatic carbocycles. The summed E-state index contributed by atoms with van der Waals surface area (Å²) in [4.78, 5) is 14.6. The lowest BCUT2D eigenvalue weighted by Crippen LogP contribution is -2.15. The van der Waals surface area contributed by atoms with E-state index in [0.717, 1.165) is 30.8 Å². The molecule has 2 aromatic carbocycles. The minimum absolute atomic E-state index is 0. The number of anilines is 1. The first-order valence-electron chi connectivity index (χ1n) is 8.55. The zero-order chi connectivity index (χ0) is 16.8. The summed E-state index contributed by atoms with van der Waals surface area (Å²) in [5.74, 6) is 0.773. The average molecular weight is 377 g/mol. The van der Waals surface area contributed by atoms with E-state index >= 15 is 0 Å². The van der Waals surface area contributed by atoms with Gasteiger partial charge in [-0.1, -0.05) is 30.0 Å². The lowest BCUT2D eigenvalue weighted by Gasteiger charge is -2.12. The Bertz CT molecular complexity index is 687. The third-order valence-corrected chi connectivity index (χ3v) is 5.39. The lowest BCUT2D eigenvalue weighted by atomic mass is 10.0. The van der Waals surface area contributed by atoms with Crippen LogP contribution in [0.25, 0.3) is 0 Å². The van der Waals surface area contributed by atoms with Gasteiger partial charge in [-0.15, -0.1) is 12.4 Å². The Labute approximate surface area is 160 Å². The van der Waals surface area contributed by atoms with Crippen LogP contribution in [0.3, 0.4) is 0 Å². The van der Waals surface area contributed by atoms with Crippen LogP contribution in [-0.2, 0) is 4.79 Å². The maximum atomic E-state index is 12.2. The minimum atomic E-state index is 0. The van der Waals surface area contributed by atoms with Crippen LogP contribution in [0.2, 0.25) is 0 Å². The predicted molar refractivity (Wildman–Crippen MR) is 108 cm³/mol. The molecule has 1 amide bonds. The first kappa shape index (κ1) is 19.8. The van der Waals surface area contributed by atoms with E-state index in [9.17, 15) is 4.79 Å². The molecule has 0 bridgehead atoms. The molecule has 134 valence electrons.